The summed E-state index contributed by atoms with van der Waals surface area (Å²) in [5.74, 6) is -0.634. The third kappa shape index (κ3) is 5.45. The highest BCUT2D eigenvalue weighted by molar-refractivity contribution is 6.36. The molecule has 0 atom stereocenters. The van der Waals surface area contributed by atoms with Gasteiger partial charge in [0, 0.05) is 31.2 Å². The number of hydrogen-bond acceptors (Lipinski definition) is 3. The SMILES string of the molecule is O=C(CNC(=O)c1ccc(Cl)cc1Cl)NCCN1CCc2ccccc2C1. The zero-order chi connectivity index (χ0) is 19.2. The summed E-state index contributed by atoms with van der Waals surface area (Å²) >= 11 is 11.8. The smallest absolute Gasteiger partial charge is 0.253 e. The number of hydrogen-bond donors (Lipinski definition) is 2. The highest BCUT2D eigenvalue weighted by Crippen LogP contribution is 2.20. The fraction of sp³-hybridized carbons (Fsp3) is 0.300. The molecule has 0 saturated heterocycles. The molecule has 27 heavy (non-hydrogen) atoms. The van der Waals surface area contributed by atoms with Crippen LogP contribution in [-0.4, -0.2) is 42.9 Å². The van der Waals surface area contributed by atoms with E-state index in [1.807, 2.05) is 0 Å². The van der Waals surface area contributed by atoms with Crippen LogP contribution in [0.1, 0.15) is 21.5 Å². The van der Waals surface area contributed by atoms with Crippen LogP contribution in [0.25, 0.3) is 0 Å². The quantitative estimate of drug-likeness (QED) is 0.776. The molecule has 0 fully saturated rings. The summed E-state index contributed by atoms with van der Waals surface area (Å²) in [6.45, 7) is 3.10. The Bertz CT molecular complexity index is 842. The fourth-order valence-electron chi connectivity index (χ4n) is 3.09. The van der Waals surface area contributed by atoms with Gasteiger partial charge in [-0.25, -0.2) is 0 Å². The largest absolute Gasteiger partial charge is 0.353 e. The van der Waals surface area contributed by atoms with Crippen molar-refractivity contribution in [1.82, 2.24) is 15.5 Å². The van der Waals surface area contributed by atoms with Crippen molar-refractivity contribution in [3.05, 3.63) is 69.2 Å². The van der Waals surface area contributed by atoms with Gasteiger partial charge in [-0.3, -0.25) is 14.5 Å². The molecule has 2 aromatic rings. The number of carbonyl (C=O) groups is 2. The Morgan fingerprint density at radius 1 is 1.04 bits per heavy atom. The minimum absolute atomic E-state index is 0.0966. The van der Waals surface area contributed by atoms with Crippen LogP contribution in [0.5, 0.6) is 0 Å². The van der Waals surface area contributed by atoms with Gasteiger partial charge in [-0.05, 0) is 35.7 Å². The number of halogens is 2. The van der Waals surface area contributed by atoms with E-state index < -0.39 is 5.91 Å². The lowest BCUT2D eigenvalue weighted by molar-refractivity contribution is -0.120. The van der Waals surface area contributed by atoms with Crippen LogP contribution in [0, 0.1) is 0 Å². The zero-order valence-electron chi connectivity index (χ0n) is 14.8. The van der Waals surface area contributed by atoms with Gasteiger partial charge in [0.05, 0.1) is 17.1 Å². The van der Waals surface area contributed by atoms with Gasteiger partial charge in [0.25, 0.3) is 5.91 Å². The van der Waals surface area contributed by atoms with Crippen molar-refractivity contribution in [2.45, 2.75) is 13.0 Å². The summed E-state index contributed by atoms with van der Waals surface area (Å²) < 4.78 is 0. The maximum absolute atomic E-state index is 12.1. The molecule has 2 aromatic carbocycles. The van der Waals surface area contributed by atoms with Crippen LogP contribution in [0.3, 0.4) is 0 Å². The van der Waals surface area contributed by atoms with E-state index in [9.17, 15) is 9.59 Å². The number of fused-ring (bicyclic) bond motifs is 1. The number of rotatable bonds is 6. The van der Waals surface area contributed by atoms with Crippen LogP contribution in [0.4, 0.5) is 0 Å². The highest BCUT2D eigenvalue weighted by atomic mass is 35.5. The predicted octanol–water partition coefficient (Wildman–Crippen LogP) is 2.90. The van der Waals surface area contributed by atoms with Gasteiger partial charge < -0.3 is 10.6 Å². The Morgan fingerprint density at radius 3 is 2.59 bits per heavy atom. The third-order valence-electron chi connectivity index (χ3n) is 4.55. The highest BCUT2D eigenvalue weighted by Gasteiger charge is 2.16. The van der Waals surface area contributed by atoms with Gasteiger partial charge in [-0.15, -0.1) is 0 Å². The molecule has 5 nitrogen and oxygen atoms in total. The van der Waals surface area contributed by atoms with E-state index in [-0.39, 0.29) is 17.5 Å². The van der Waals surface area contributed by atoms with Gasteiger partial charge in [0.2, 0.25) is 5.91 Å². The maximum Gasteiger partial charge on any atom is 0.253 e. The minimum Gasteiger partial charge on any atom is -0.353 e. The molecule has 2 amide bonds. The third-order valence-corrected chi connectivity index (χ3v) is 5.09. The van der Waals surface area contributed by atoms with Crippen molar-refractivity contribution in [2.24, 2.45) is 0 Å². The van der Waals surface area contributed by atoms with Gasteiger partial charge in [0.1, 0.15) is 0 Å². The van der Waals surface area contributed by atoms with E-state index in [0.717, 1.165) is 26.1 Å². The van der Waals surface area contributed by atoms with Gasteiger partial charge in [-0.2, -0.15) is 0 Å². The lowest BCUT2D eigenvalue weighted by Gasteiger charge is -2.28. The predicted molar refractivity (Wildman–Crippen MR) is 107 cm³/mol. The first-order chi connectivity index (χ1) is 13.0. The number of benzene rings is 2. The van der Waals surface area contributed by atoms with Gasteiger partial charge in [-0.1, -0.05) is 47.5 Å². The van der Waals surface area contributed by atoms with Gasteiger partial charge in [0.15, 0.2) is 0 Å². The Kier molecular flexibility index (Phi) is 6.72. The van der Waals surface area contributed by atoms with Crippen LogP contribution in [0.15, 0.2) is 42.5 Å². The normalized spacial score (nSPS) is 13.7. The van der Waals surface area contributed by atoms with Crippen LogP contribution in [-0.2, 0) is 17.8 Å². The molecule has 1 aliphatic heterocycles. The van der Waals surface area contributed by atoms with Crippen molar-refractivity contribution < 1.29 is 9.59 Å². The zero-order valence-corrected chi connectivity index (χ0v) is 16.3. The fourth-order valence-corrected chi connectivity index (χ4v) is 3.58. The van der Waals surface area contributed by atoms with Crippen LogP contribution < -0.4 is 10.6 Å². The molecule has 0 aromatic heterocycles. The van der Waals surface area contributed by atoms with Crippen LogP contribution in [0.2, 0.25) is 10.0 Å². The van der Waals surface area contributed by atoms with Crippen molar-refractivity contribution >= 4 is 35.0 Å². The van der Waals surface area contributed by atoms with Crippen molar-refractivity contribution in [1.29, 1.82) is 0 Å². The number of amides is 2. The molecule has 1 aliphatic rings. The molecule has 0 spiro atoms. The first-order valence-corrected chi connectivity index (χ1v) is 9.57. The molecule has 0 aliphatic carbocycles. The molecule has 1 heterocycles. The summed E-state index contributed by atoms with van der Waals surface area (Å²) in [5.41, 5.74) is 3.05. The molecule has 0 unspecified atom stereocenters. The monoisotopic (exact) mass is 405 g/mol. The molecule has 0 saturated carbocycles. The van der Waals surface area contributed by atoms with E-state index in [0.29, 0.717) is 17.1 Å². The minimum atomic E-state index is -0.403. The average molecular weight is 406 g/mol. The van der Waals surface area contributed by atoms with Crippen molar-refractivity contribution in [3.8, 4) is 0 Å². The summed E-state index contributed by atoms with van der Waals surface area (Å²) in [6, 6.07) is 13.1. The molecule has 0 bridgehead atoms. The Labute approximate surface area is 168 Å². The molecular formula is C20H21Cl2N3O2. The Hall–Kier alpha value is -2.08. The Balaban J connectivity index is 1.38. The first-order valence-electron chi connectivity index (χ1n) is 8.82. The first kappa shape index (κ1) is 19.7. The Morgan fingerprint density at radius 2 is 1.81 bits per heavy atom. The van der Waals surface area contributed by atoms with Crippen molar-refractivity contribution in [3.63, 3.8) is 0 Å². The molecular weight excluding hydrogens is 385 g/mol. The van der Waals surface area contributed by atoms with E-state index in [1.54, 1.807) is 6.07 Å². The van der Waals surface area contributed by atoms with Crippen molar-refractivity contribution in [2.75, 3.05) is 26.2 Å². The lowest BCUT2D eigenvalue weighted by Crippen LogP contribution is -2.41. The second-order valence-electron chi connectivity index (χ2n) is 6.45. The molecule has 142 valence electrons. The molecule has 0 radical (unpaired) electrons. The van der Waals surface area contributed by atoms with E-state index in [2.05, 4.69) is 39.8 Å². The summed E-state index contributed by atoms with van der Waals surface area (Å²) in [7, 11) is 0. The summed E-state index contributed by atoms with van der Waals surface area (Å²) in [4.78, 5) is 26.4. The van der Waals surface area contributed by atoms with Gasteiger partial charge >= 0.3 is 0 Å². The average Bonchev–Trinajstić information content (AvgIpc) is 2.66. The van der Waals surface area contributed by atoms with E-state index in [1.165, 1.54) is 23.3 Å². The standard InChI is InChI=1S/C20H21Cl2N3O2/c21-16-5-6-17(18(22)11-16)20(27)24-12-19(26)23-8-10-25-9-7-14-3-1-2-4-15(14)13-25/h1-6,11H,7-10,12-13H2,(H,23,26)(H,24,27). The van der Waals surface area contributed by atoms with Crippen LogP contribution >= 0.6 is 23.2 Å². The van der Waals surface area contributed by atoms with E-state index in [4.69, 9.17) is 23.2 Å². The topological polar surface area (TPSA) is 61.4 Å². The summed E-state index contributed by atoms with van der Waals surface area (Å²) in [6.07, 6.45) is 1.03. The maximum atomic E-state index is 12.1. The molecule has 7 heteroatoms. The molecule has 3 rings (SSSR count). The number of nitrogens with one attached hydrogen (secondary N) is 2. The number of nitrogens with zero attached hydrogens (tertiary/aromatic N) is 1. The second kappa shape index (κ2) is 9.22. The number of carbonyl (C=O) groups excluding carboxylic acids is 2. The lowest BCUT2D eigenvalue weighted by atomic mass is 10.00. The van der Waals surface area contributed by atoms with E-state index >= 15 is 0 Å². The molecule has 2 N–H and O–H groups in total. The second-order valence-corrected chi connectivity index (χ2v) is 7.30. The summed E-state index contributed by atoms with van der Waals surface area (Å²) in [5, 5.41) is 6.11.